The van der Waals surface area contributed by atoms with Crippen molar-refractivity contribution in [2.45, 2.75) is 4.90 Å². The number of halogens is 1. The molecule has 0 fully saturated rings. The normalized spacial score (nSPS) is 11.1. The van der Waals surface area contributed by atoms with Gasteiger partial charge in [0.15, 0.2) is 4.90 Å². The Hall–Kier alpha value is -1.67. The molecule has 0 aromatic heterocycles. The zero-order valence-corrected chi connectivity index (χ0v) is 11.0. The maximum Gasteiger partial charge on any atom is 0.289 e. The number of hydrogen-bond donors (Lipinski definition) is 0. The van der Waals surface area contributed by atoms with Crippen molar-refractivity contribution < 1.29 is 18.1 Å². The molecule has 0 atom stereocenters. The predicted octanol–water partition coefficient (Wildman–Crippen LogP) is 1.22. The summed E-state index contributed by atoms with van der Waals surface area (Å²) >= 11 is 0. The van der Waals surface area contributed by atoms with Crippen molar-refractivity contribution in [2.24, 2.45) is 0 Å². The maximum atomic E-state index is 11.6. The van der Waals surface area contributed by atoms with Crippen molar-refractivity contribution in [3.05, 3.63) is 33.9 Å². The third-order valence-corrected chi connectivity index (χ3v) is 3.42. The molecule has 0 aliphatic carbocycles. The van der Waals surface area contributed by atoms with Gasteiger partial charge in [-0.1, -0.05) is 0 Å². The maximum absolute atomic E-state index is 11.6. The number of amides is 1. The van der Waals surface area contributed by atoms with E-state index < -0.39 is 30.5 Å². The van der Waals surface area contributed by atoms with Crippen LogP contribution in [0.2, 0.25) is 0 Å². The Morgan fingerprint density at radius 1 is 1.39 bits per heavy atom. The smallest absolute Gasteiger partial charge is 0.289 e. The highest BCUT2D eigenvalue weighted by Gasteiger charge is 2.25. The fourth-order valence-electron chi connectivity index (χ4n) is 1.25. The van der Waals surface area contributed by atoms with E-state index >= 15 is 0 Å². The first-order valence-corrected chi connectivity index (χ1v) is 6.90. The molecule has 7 nitrogen and oxygen atoms in total. The zero-order valence-electron chi connectivity index (χ0n) is 9.45. The highest BCUT2D eigenvalue weighted by molar-refractivity contribution is 8.13. The molecule has 0 bridgehead atoms. The van der Waals surface area contributed by atoms with Crippen LogP contribution in [0.3, 0.4) is 0 Å². The number of carbonyl (C=O) groups is 1. The SMILES string of the molecule is CN(C)C(=O)c1ccc([N+](=O)[O-])c(S(=O)(=O)Cl)c1. The minimum atomic E-state index is -4.30. The number of benzene rings is 1. The monoisotopic (exact) mass is 292 g/mol. The minimum Gasteiger partial charge on any atom is -0.345 e. The summed E-state index contributed by atoms with van der Waals surface area (Å²) in [5.74, 6) is -0.480. The van der Waals surface area contributed by atoms with Crippen molar-refractivity contribution in [1.29, 1.82) is 0 Å². The second kappa shape index (κ2) is 4.91. The van der Waals surface area contributed by atoms with Crippen LogP contribution in [0.25, 0.3) is 0 Å². The van der Waals surface area contributed by atoms with E-state index in [1.165, 1.54) is 25.1 Å². The summed E-state index contributed by atoms with van der Waals surface area (Å²) in [7, 11) is 3.75. The Kier molecular flexibility index (Phi) is 3.92. The van der Waals surface area contributed by atoms with Crippen LogP contribution in [0, 0.1) is 10.1 Å². The van der Waals surface area contributed by atoms with Crippen molar-refractivity contribution in [3.63, 3.8) is 0 Å². The molecular formula is C9H9ClN2O5S. The predicted molar refractivity (Wildman–Crippen MR) is 64.2 cm³/mol. The van der Waals surface area contributed by atoms with Crippen molar-refractivity contribution in [2.75, 3.05) is 14.1 Å². The fourth-order valence-corrected chi connectivity index (χ4v) is 2.28. The molecule has 18 heavy (non-hydrogen) atoms. The summed E-state index contributed by atoms with van der Waals surface area (Å²) in [6.45, 7) is 0. The molecule has 0 unspecified atom stereocenters. The molecule has 0 radical (unpaired) electrons. The molecule has 1 aromatic rings. The fraction of sp³-hybridized carbons (Fsp3) is 0.222. The van der Waals surface area contributed by atoms with E-state index in [-0.39, 0.29) is 5.56 Å². The first-order chi connectivity index (χ1) is 8.14. The van der Waals surface area contributed by atoms with Crippen molar-refractivity contribution >= 4 is 31.3 Å². The highest BCUT2D eigenvalue weighted by atomic mass is 35.7. The van der Waals surface area contributed by atoms with Crippen molar-refractivity contribution in [3.8, 4) is 0 Å². The third-order valence-electron chi connectivity index (χ3n) is 2.07. The number of rotatable bonds is 3. The summed E-state index contributed by atoms with van der Waals surface area (Å²) in [6.07, 6.45) is 0. The number of hydrogen-bond acceptors (Lipinski definition) is 5. The first kappa shape index (κ1) is 14.4. The van der Waals surface area contributed by atoms with Gasteiger partial charge in [0.25, 0.3) is 20.6 Å². The van der Waals surface area contributed by atoms with Crippen LogP contribution in [0.1, 0.15) is 10.4 Å². The van der Waals surface area contributed by atoms with Crippen LogP contribution in [-0.4, -0.2) is 38.2 Å². The van der Waals surface area contributed by atoms with Crippen LogP contribution >= 0.6 is 10.7 Å². The third kappa shape index (κ3) is 2.96. The van der Waals surface area contributed by atoms with Crippen LogP contribution in [0.5, 0.6) is 0 Å². The number of nitrogens with zero attached hydrogens (tertiary/aromatic N) is 2. The second-order valence-corrected chi connectivity index (χ2v) is 6.11. The van der Waals surface area contributed by atoms with E-state index in [0.29, 0.717) is 0 Å². The van der Waals surface area contributed by atoms with E-state index in [0.717, 1.165) is 12.1 Å². The molecule has 0 N–H and O–H groups in total. The Bertz CT molecular complexity index is 611. The Labute approximate surface area is 108 Å². The first-order valence-electron chi connectivity index (χ1n) is 4.59. The van der Waals surface area contributed by atoms with Crippen LogP contribution in [0.4, 0.5) is 5.69 Å². The highest BCUT2D eigenvalue weighted by Crippen LogP contribution is 2.28. The molecule has 1 amide bonds. The summed E-state index contributed by atoms with van der Waals surface area (Å²) in [6, 6.07) is 3.00. The average Bonchev–Trinajstić information content (AvgIpc) is 2.25. The van der Waals surface area contributed by atoms with Crippen LogP contribution < -0.4 is 0 Å². The molecule has 9 heteroatoms. The van der Waals surface area contributed by atoms with E-state index in [2.05, 4.69) is 0 Å². The van der Waals surface area contributed by atoms with Gasteiger partial charge in [-0.2, -0.15) is 0 Å². The molecule has 0 heterocycles. The van der Waals surface area contributed by atoms with E-state index in [1.54, 1.807) is 0 Å². The van der Waals surface area contributed by atoms with Gasteiger partial charge < -0.3 is 4.90 Å². The van der Waals surface area contributed by atoms with Crippen LogP contribution in [-0.2, 0) is 9.05 Å². The van der Waals surface area contributed by atoms with Crippen LogP contribution in [0.15, 0.2) is 23.1 Å². The topological polar surface area (TPSA) is 97.6 Å². The summed E-state index contributed by atoms with van der Waals surface area (Å²) in [4.78, 5) is 21.9. The molecule has 0 aliphatic rings. The Morgan fingerprint density at radius 2 is 1.94 bits per heavy atom. The van der Waals surface area contributed by atoms with Gasteiger partial charge in [-0.05, 0) is 12.1 Å². The second-order valence-electron chi connectivity index (χ2n) is 3.58. The molecule has 98 valence electrons. The summed E-state index contributed by atoms with van der Waals surface area (Å²) in [5.41, 5.74) is -0.662. The van der Waals surface area contributed by atoms with Gasteiger partial charge in [0.2, 0.25) is 0 Å². The standard InChI is InChI=1S/C9H9ClN2O5S/c1-11(2)9(13)6-3-4-7(12(14)15)8(5-6)18(10,16)17/h3-5H,1-2H3. The van der Waals surface area contributed by atoms with Crippen molar-refractivity contribution in [1.82, 2.24) is 4.90 Å². The van der Waals surface area contributed by atoms with Gasteiger partial charge in [0.1, 0.15) is 0 Å². The minimum absolute atomic E-state index is 0.00447. The number of carbonyl (C=O) groups excluding carboxylic acids is 1. The lowest BCUT2D eigenvalue weighted by molar-refractivity contribution is -0.387. The summed E-state index contributed by atoms with van der Waals surface area (Å²) < 4.78 is 22.5. The van der Waals surface area contributed by atoms with Gasteiger partial charge in [0.05, 0.1) is 4.92 Å². The summed E-state index contributed by atoms with van der Waals surface area (Å²) in [5, 5.41) is 10.7. The molecule has 0 aliphatic heterocycles. The molecule has 0 saturated carbocycles. The van der Waals surface area contributed by atoms with E-state index in [9.17, 15) is 23.3 Å². The van der Waals surface area contributed by atoms with Gasteiger partial charge in [-0.25, -0.2) is 8.42 Å². The zero-order chi connectivity index (χ0) is 14.1. The van der Waals surface area contributed by atoms with Gasteiger partial charge in [-0.15, -0.1) is 0 Å². The number of nitro groups is 1. The lowest BCUT2D eigenvalue weighted by atomic mass is 10.2. The largest absolute Gasteiger partial charge is 0.345 e. The van der Waals surface area contributed by atoms with Gasteiger partial charge in [-0.3, -0.25) is 14.9 Å². The Balaban J connectivity index is 3.50. The molecule has 1 aromatic carbocycles. The van der Waals surface area contributed by atoms with Gasteiger partial charge in [0, 0.05) is 36.4 Å². The average molecular weight is 293 g/mol. The molecule has 0 saturated heterocycles. The Morgan fingerprint density at radius 3 is 2.33 bits per heavy atom. The van der Waals surface area contributed by atoms with E-state index in [4.69, 9.17) is 10.7 Å². The lowest BCUT2D eigenvalue weighted by Gasteiger charge is -2.10. The molecular weight excluding hydrogens is 284 g/mol. The van der Waals surface area contributed by atoms with Gasteiger partial charge >= 0.3 is 0 Å². The quantitative estimate of drug-likeness (QED) is 0.474. The molecule has 1 rings (SSSR count). The van der Waals surface area contributed by atoms with E-state index in [1.807, 2.05) is 0 Å². The number of nitro benzene ring substituents is 1. The molecule has 0 spiro atoms. The lowest BCUT2D eigenvalue weighted by Crippen LogP contribution is -2.21.